The van der Waals surface area contributed by atoms with Gasteiger partial charge in [-0.1, -0.05) is 55.0 Å². The van der Waals surface area contributed by atoms with Crippen molar-refractivity contribution in [2.45, 2.75) is 27.2 Å². The van der Waals surface area contributed by atoms with Crippen LogP contribution in [0.2, 0.25) is 0 Å². The van der Waals surface area contributed by atoms with Gasteiger partial charge in [-0.25, -0.2) is 9.67 Å². The first-order valence-electron chi connectivity index (χ1n) is 11.5. The summed E-state index contributed by atoms with van der Waals surface area (Å²) in [6.07, 6.45) is 2.82. The van der Waals surface area contributed by atoms with Crippen molar-refractivity contribution in [2.75, 3.05) is 5.32 Å². The largest absolute Gasteiger partial charge is 0.322 e. The van der Waals surface area contributed by atoms with Crippen LogP contribution in [0.15, 0.2) is 85.1 Å². The van der Waals surface area contributed by atoms with Gasteiger partial charge in [0.2, 0.25) is 0 Å². The fourth-order valence-corrected chi connectivity index (χ4v) is 4.13. The zero-order valence-corrected chi connectivity index (χ0v) is 19.5. The third-order valence-corrected chi connectivity index (χ3v) is 6.15. The minimum Gasteiger partial charge on any atom is -0.322 e. The lowest BCUT2D eigenvalue weighted by Gasteiger charge is -2.11. The Bertz CT molecular complexity index is 1480. The second kappa shape index (κ2) is 8.94. The number of hydrogen-bond acceptors (Lipinski definition) is 3. The molecule has 0 unspecified atom stereocenters. The number of para-hydroxylation sites is 1. The van der Waals surface area contributed by atoms with E-state index in [0.717, 1.165) is 51.2 Å². The SMILES string of the molecule is CCc1ccc(-n2ncc(-c3cc(C(=O)Nc4ccc(C)cc4)c4ccccc4n3)c2C)cc1. The van der Waals surface area contributed by atoms with Crippen LogP contribution in [0.5, 0.6) is 0 Å². The minimum atomic E-state index is -0.163. The smallest absolute Gasteiger partial charge is 0.256 e. The Hall–Kier alpha value is -4.25. The summed E-state index contributed by atoms with van der Waals surface area (Å²) >= 11 is 0. The first-order valence-corrected chi connectivity index (χ1v) is 11.5. The quantitative estimate of drug-likeness (QED) is 0.334. The fraction of sp³-hybridized carbons (Fsp3) is 0.138. The van der Waals surface area contributed by atoms with Gasteiger partial charge in [0, 0.05) is 16.6 Å². The average Bonchev–Trinajstić information content (AvgIpc) is 3.26. The van der Waals surface area contributed by atoms with Gasteiger partial charge < -0.3 is 5.32 Å². The Balaban J connectivity index is 1.56. The molecule has 5 nitrogen and oxygen atoms in total. The summed E-state index contributed by atoms with van der Waals surface area (Å²) in [5.74, 6) is -0.163. The lowest BCUT2D eigenvalue weighted by atomic mass is 10.0. The number of benzene rings is 3. The van der Waals surface area contributed by atoms with Gasteiger partial charge in [0.15, 0.2) is 0 Å². The number of nitrogens with zero attached hydrogens (tertiary/aromatic N) is 3. The molecule has 5 rings (SSSR count). The van der Waals surface area contributed by atoms with E-state index in [1.54, 1.807) is 0 Å². The van der Waals surface area contributed by atoms with Crippen molar-refractivity contribution < 1.29 is 4.79 Å². The molecule has 0 saturated heterocycles. The highest BCUT2D eigenvalue weighted by molar-refractivity contribution is 6.13. The number of anilines is 1. The second-order valence-electron chi connectivity index (χ2n) is 8.47. The van der Waals surface area contributed by atoms with Crippen LogP contribution in [0.4, 0.5) is 5.69 Å². The number of hydrogen-bond donors (Lipinski definition) is 1. The molecule has 2 aromatic heterocycles. The number of pyridine rings is 1. The Morgan fingerprint density at radius 2 is 1.68 bits per heavy atom. The predicted octanol–water partition coefficient (Wildman–Crippen LogP) is 6.52. The molecule has 0 aliphatic heterocycles. The maximum atomic E-state index is 13.3. The Kier molecular flexibility index (Phi) is 5.68. The number of aryl methyl sites for hydroxylation is 2. The highest BCUT2D eigenvalue weighted by atomic mass is 16.1. The van der Waals surface area contributed by atoms with Gasteiger partial charge in [0.25, 0.3) is 5.91 Å². The zero-order valence-electron chi connectivity index (χ0n) is 19.5. The molecule has 0 aliphatic rings. The third-order valence-electron chi connectivity index (χ3n) is 6.15. The van der Waals surface area contributed by atoms with Gasteiger partial charge in [-0.05, 0) is 62.2 Å². The second-order valence-corrected chi connectivity index (χ2v) is 8.47. The van der Waals surface area contributed by atoms with Crippen molar-refractivity contribution in [3.8, 4) is 16.9 Å². The highest BCUT2D eigenvalue weighted by Gasteiger charge is 2.17. The van der Waals surface area contributed by atoms with Crippen molar-refractivity contribution in [2.24, 2.45) is 0 Å². The molecule has 0 aliphatic carbocycles. The van der Waals surface area contributed by atoms with Gasteiger partial charge in [0.1, 0.15) is 0 Å². The Morgan fingerprint density at radius 1 is 0.941 bits per heavy atom. The first-order chi connectivity index (χ1) is 16.5. The van der Waals surface area contributed by atoms with Crippen molar-refractivity contribution in [1.29, 1.82) is 0 Å². The molecule has 3 aromatic carbocycles. The number of rotatable bonds is 5. The maximum Gasteiger partial charge on any atom is 0.256 e. The van der Waals surface area contributed by atoms with Crippen LogP contribution < -0.4 is 5.32 Å². The first kappa shape index (κ1) is 21.6. The molecule has 5 heteroatoms. The number of nitrogens with one attached hydrogen (secondary N) is 1. The average molecular weight is 447 g/mol. The third kappa shape index (κ3) is 4.08. The topological polar surface area (TPSA) is 59.8 Å². The van der Waals surface area contributed by atoms with Crippen LogP contribution in [0, 0.1) is 13.8 Å². The highest BCUT2D eigenvalue weighted by Crippen LogP contribution is 2.29. The van der Waals surface area contributed by atoms with Crippen LogP contribution in [0.1, 0.15) is 34.1 Å². The molecule has 0 spiro atoms. The zero-order chi connectivity index (χ0) is 23.7. The molecule has 168 valence electrons. The van der Waals surface area contributed by atoms with Gasteiger partial charge in [0.05, 0.1) is 34.4 Å². The number of fused-ring (bicyclic) bond motifs is 1. The summed E-state index contributed by atoms with van der Waals surface area (Å²) in [6.45, 7) is 6.19. The van der Waals surface area contributed by atoms with Crippen LogP contribution in [-0.2, 0) is 6.42 Å². The standard InChI is InChI=1S/C29H26N4O/c1-4-21-11-15-23(16-12-21)33-20(3)26(18-30-33)28-17-25(24-7-5-6-8-27(24)32-28)29(34)31-22-13-9-19(2)10-14-22/h5-18H,4H2,1-3H3,(H,31,34). The summed E-state index contributed by atoms with van der Waals surface area (Å²) < 4.78 is 1.91. The van der Waals surface area contributed by atoms with Crippen molar-refractivity contribution in [3.05, 3.63) is 107 Å². The van der Waals surface area contributed by atoms with E-state index >= 15 is 0 Å². The number of amides is 1. The lowest BCUT2D eigenvalue weighted by molar-refractivity contribution is 0.102. The molecule has 0 fully saturated rings. The summed E-state index contributed by atoms with van der Waals surface area (Å²) in [7, 11) is 0. The van der Waals surface area contributed by atoms with Crippen molar-refractivity contribution in [3.63, 3.8) is 0 Å². The van der Waals surface area contributed by atoms with Gasteiger partial charge in [-0.2, -0.15) is 5.10 Å². The van der Waals surface area contributed by atoms with Crippen LogP contribution in [0.25, 0.3) is 27.8 Å². The molecule has 2 heterocycles. The summed E-state index contributed by atoms with van der Waals surface area (Å²) in [6, 6.07) is 25.8. The Morgan fingerprint density at radius 3 is 2.41 bits per heavy atom. The lowest BCUT2D eigenvalue weighted by Crippen LogP contribution is -2.13. The molecular weight excluding hydrogens is 420 g/mol. The van der Waals surface area contributed by atoms with Crippen molar-refractivity contribution in [1.82, 2.24) is 14.8 Å². The maximum absolute atomic E-state index is 13.3. The summed E-state index contributed by atoms with van der Waals surface area (Å²) in [4.78, 5) is 18.2. The molecule has 5 aromatic rings. The van der Waals surface area contributed by atoms with E-state index in [-0.39, 0.29) is 5.91 Å². The normalized spacial score (nSPS) is 11.0. The van der Waals surface area contributed by atoms with E-state index in [1.807, 2.05) is 79.3 Å². The Labute approximate surface area is 199 Å². The van der Waals surface area contributed by atoms with Gasteiger partial charge in [-0.3, -0.25) is 4.79 Å². The van der Waals surface area contributed by atoms with Crippen LogP contribution in [0.3, 0.4) is 0 Å². The van der Waals surface area contributed by atoms with Crippen molar-refractivity contribution >= 4 is 22.5 Å². The molecule has 1 amide bonds. The number of carbonyl (C=O) groups excluding carboxylic acids is 1. The van der Waals surface area contributed by atoms with E-state index < -0.39 is 0 Å². The molecule has 0 radical (unpaired) electrons. The fourth-order valence-electron chi connectivity index (χ4n) is 4.13. The van der Waals surface area contributed by atoms with Gasteiger partial charge in [-0.15, -0.1) is 0 Å². The predicted molar refractivity (Wildman–Crippen MR) is 138 cm³/mol. The van der Waals surface area contributed by atoms with E-state index in [9.17, 15) is 4.79 Å². The molecular formula is C29H26N4O. The van der Waals surface area contributed by atoms with E-state index in [2.05, 4.69) is 41.6 Å². The summed E-state index contributed by atoms with van der Waals surface area (Å²) in [5, 5.41) is 8.47. The minimum absolute atomic E-state index is 0.163. The molecule has 34 heavy (non-hydrogen) atoms. The monoisotopic (exact) mass is 446 g/mol. The molecule has 0 atom stereocenters. The number of carbonyl (C=O) groups is 1. The van der Waals surface area contributed by atoms with Crippen LogP contribution in [-0.4, -0.2) is 20.7 Å². The van der Waals surface area contributed by atoms with E-state index in [4.69, 9.17) is 4.98 Å². The number of aromatic nitrogens is 3. The van der Waals surface area contributed by atoms with Crippen LogP contribution >= 0.6 is 0 Å². The van der Waals surface area contributed by atoms with Gasteiger partial charge >= 0.3 is 0 Å². The molecule has 1 N–H and O–H groups in total. The summed E-state index contributed by atoms with van der Waals surface area (Å²) in [5.41, 5.74) is 8.14. The van der Waals surface area contributed by atoms with E-state index in [0.29, 0.717) is 5.56 Å². The molecule has 0 bridgehead atoms. The van der Waals surface area contributed by atoms with E-state index in [1.165, 1.54) is 5.56 Å². The molecule has 0 saturated carbocycles.